The first-order valence-electron chi connectivity index (χ1n) is 7.31. The number of rotatable bonds is 0. The normalized spacial score (nSPS) is 29.1. The van der Waals surface area contributed by atoms with Crippen molar-refractivity contribution in [2.45, 2.75) is 76.6 Å². The zero-order valence-electron chi connectivity index (χ0n) is 14.2. The van der Waals surface area contributed by atoms with Crippen LogP contribution >= 0.6 is 0 Å². The minimum absolute atomic E-state index is 0. The summed E-state index contributed by atoms with van der Waals surface area (Å²) in [5, 5.41) is 0. The first-order chi connectivity index (χ1) is 7.83. The second-order valence-corrected chi connectivity index (χ2v) is 26.8. The molecule has 2 fully saturated rings. The van der Waals surface area contributed by atoms with Crippen molar-refractivity contribution in [3.63, 3.8) is 0 Å². The zero-order chi connectivity index (χ0) is 14.2. The van der Waals surface area contributed by atoms with Gasteiger partial charge in [-0.25, -0.2) is 0 Å². The van der Waals surface area contributed by atoms with Crippen LogP contribution in [-0.4, -0.2) is 50.5 Å². The molecular weight excluding hydrogens is 357 g/mol. The molecule has 0 spiro atoms. The molecular formula is C12H32GeN2Si4. The van der Waals surface area contributed by atoms with Crippen molar-refractivity contribution < 1.29 is 0 Å². The van der Waals surface area contributed by atoms with E-state index in [1.54, 1.807) is 0 Å². The fourth-order valence-corrected chi connectivity index (χ4v) is 27.8. The predicted octanol–water partition coefficient (Wildman–Crippen LogP) is 5.19. The summed E-state index contributed by atoms with van der Waals surface area (Å²) in [6, 6.07) is 5.80. The van der Waals surface area contributed by atoms with E-state index in [1.165, 1.54) is 24.2 Å². The maximum Gasteiger partial charge on any atom is 2.00 e. The van der Waals surface area contributed by atoms with Gasteiger partial charge in [0.2, 0.25) is 0 Å². The van der Waals surface area contributed by atoms with Crippen LogP contribution in [0.3, 0.4) is 0 Å². The van der Waals surface area contributed by atoms with Crippen LogP contribution < -0.4 is 0 Å². The molecule has 0 saturated carbocycles. The van der Waals surface area contributed by atoms with E-state index in [1.807, 2.05) is 0 Å². The fraction of sp³-hybridized carbons (Fsp3) is 1.00. The maximum absolute atomic E-state index is 4.93. The van der Waals surface area contributed by atoms with Gasteiger partial charge in [0.05, 0.1) is 0 Å². The molecule has 2 rings (SSSR count). The van der Waals surface area contributed by atoms with Crippen LogP contribution in [-0.2, 0) is 0 Å². The average Bonchev–Trinajstić information content (AvgIpc) is 2.48. The SMILES string of the molecule is C[Si]1(C)CC[Si](C)(C)[N-]1.C[Si]1(C)CC[Si](C)(C)[N-]1.[Ge+2]. The van der Waals surface area contributed by atoms with Crippen molar-refractivity contribution in [2.24, 2.45) is 0 Å². The van der Waals surface area contributed by atoms with Gasteiger partial charge in [-0.1, -0.05) is 109 Å². The quantitative estimate of drug-likeness (QED) is 0.511. The van der Waals surface area contributed by atoms with Crippen LogP contribution in [0.5, 0.6) is 0 Å². The van der Waals surface area contributed by atoms with Crippen LogP contribution in [0.1, 0.15) is 0 Å². The molecule has 0 unspecified atom stereocenters. The smallest absolute Gasteiger partial charge is 0.667 e. The van der Waals surface area contributed by atoms with Crippen LogP contribution in [0.25, 0.3) is 9.30 Å². The summed E-state index contributed by atoms with van der Waals surface area (Å²) in [4.78, 5) is 0. The van der Waals surface area contributed by atoms with Gasteiger partial charge in [-0.3, -0.25) is 0 Å². The second kappa shape index (κ2) is 6.62. The molecule has 2 nitrogen and oxygen atoms in total. The molecule has 0 atom stereocenters. The van der Waals surface area contributed by atoms with Gasteiger partial charge in [-0.2, -0.15) is 0 Å². The van der Waals surface area contributed by atoms with Crippen molar-refractivity contribution in [1.82, 2.24) is 0 Å². The van der Waals surface area contributed by atoms with Gasteiger partial charge in [-0.05, 0) is 0 Å². The Morgan fingerprint density at radius 1 is 0.474 bits per heavy atom. The minimum Gasteiger partial charge on any atom is -0.667 e. The molecule has 0 aliphatic carbocycles. The van der Waals surface area contributed by atoms with Crippen molar-refractivity contribution >= 4 is 50.5 Å². The molecule has 0 amide bonds. The molecule has 0 N–H and O–H groups in total. The van der Waals surface area contributed by atoms with Crippen molar-refractivity contribution in [3.8, 4) is 0 Å². The predicted molar refractivity (Wildman–Crippen MR) is 102 cm³/mol. The van der Waals surface area contributed by atoms with Crippen LogP contribution in [0.4, 0.5) is 0 Å². The van der Waals surface area contributed by atoms with Gasteiger partial charge < -0.3 is 9.30 Å². The maximum atomic E-state index is 4.93. The topological polar surface area (TPSA) is 28.2 Å². The van der Waals surface area contributed by atoms with Gasteiger partial charge in [-0.15, -0.1) is 0 Å². The Hall–Kier alpha value is 1.33. The summed E-state index contributed by atoms with van der Waals surface area (Å²) >= 11 is 0. The average molecular weight is 389 g/mol. The standard InChI is InChI=1S/2C6H16NSi2.Ge/c2*1-8(2)5-6-9(3,4)7-8;/h2*5-6H2,1-4H3;/q2*-1;+2. The van der Waals surface area contributed by atoms with E-state index in [0.717, 1.165) is 0 Å². The molecule has 2 radical (unpaired) electrons. The van der Waals surface area contributed by atoms with E-state index < -0.39 is 32.9 Å². The van der Waals surface area contributed by atoms with Crippen molar-refractivity contribution in [3.05, 3.63) is 9.30 Å². The molecule has 0 aromatic heterocycles. The molecule has 0 aromatic rings. The third kappa shape index (κ3) is 7.77. The summed E-state index contributed by atoms with van der Waals surface area (Å²) in [6.07, 6.45) is 0. The van der Waals surface area contributed by atoms with E-state index in [2.05, 4.69) is 52.4 Å². The van der Waals surface area contributed by atoms with E-state index in [9.17, 15) is 0 Å². The summed E-state index contributed by atoms with van der Waals surface area (Å²) in [5.74, 6) is 0. The molecule has 19 heavy (non-hydrogen) atoms. The van der Waals surface area contributed by atoms with Crippen LogP contribution in [0.2, 0.25) is 76.6 Å². The fourth-order valence-electron chi connectivity index (χ4n) is 3.09. The van der Waals surface area contributed by atoms with E-state index in [0.29, 0.717) is 0 Å². The third-order valence-corrected chi connectivity index (χ3v) is 20.5. The Morgan fingerprint density at radius 2 is 0.632 bits per heavy atom. The minimum atomic E-state index is -0.989. The largest absolute Gasteiger partial charge is 2.00 e. The molecule has 0 aromatic carbocycles. The van der Waals surface area contributed by atoms with E-state index in [4.69, 9.17) is 9.30 Å². The van der Waals surface area contributed by atoms with Gasteiger partial charge >= 0.3 is 17.6 Å². The van der Waals surface area contributed by atoms with Crippen molar-refractivity contribution in [1.29, 1.82) is 0 Å². The van der Waals surface area contributed by atoms with Gasteiger partial charge in [0, 0.05) is 0 Å². The molecule has 2 saturated heterocycles. The van der Waals surface area contributed by atoms with Gasteiger partial charge in [0.15, 0.2) is 0 Å². The van der Waals surface area contributed by atoms with E-state index in [-0.39, 0.29) is 17.6 Å². The summed E-state index contributed by atoms with van der Waals surface area (Å²) in [7, 11) is -3.96. The molecule has 110 valence electrons. The molecule has 2 heterocycles. The van der Waals surface area contributed by atoms with Crippen LogP contribution in [0, 0.1) is 0 Å². The number of hydrogen-bond acceptors (Lipinski definition) is 0. The van der Waals surface area contributed by atoms with Crippen molar-refractivity contribution in [2.75, 3.05) is 0 Å². The van der Waals surface area contributed by atoms with Gasteiger partial charge in [0.1, 0.15) is 0 Å². The number of hydrogen-bond donors (Lipinski definition) is 0. The van der Waals surface area contributed by atoms with Crippen LogP contribution in [0.15, 0.2) is 0 Å². The number of nitrogens with zero attached hydrogens (tertiary/aromatic N) is 2. The van der Waals surface area contributed by atoms with E-state index >= 15 is 0 Å². The Labute approximate surface area is 136 Å². The Balaban J connectivity index is 0.000000324. The Kier molecular flexibility index (Phi) is 7.08. The Bertz CT molecular complexity index is 248. The second-order valence-electron chi connectivity index (χ2n) is 8.47. The summed E-state index contributed by atoms with van der Waals surface area (Å²) in [5.41, 5.74) is 0. The zero-order valence-corrected chi connectivity index (χ0v) is 20.3. The third-order valence-electron chi connectivity index (χ3n) is 3.91. The molecule has 0 bridgehead atoms. The molecule has 7 heteroatoms. The summed E-state index contributed by atoms with van der Waals surface area (Å²) in [6.45, 7) is 19.1. The first kappa shape index (κ1) is 20.3. The monoisotopic (exact) mass is 390 g/mol. The summed E-state index contributed by atoms with van der Waals surface area (Å²) < 4.78 is 9.86. The Morgan fingerprint density at radius 3 is 0.684 bits per heavy atom. The first-order valence-corrected chi connectivity index (χ1v) is 19.9. The molecule has 2 aliphatic rings. The van der Waals surface area contributed by atoms with Gasteiger partial charge in [0.25, 0.3) is 0 Å². The molecule has 2 aliphatic heterocycles.